The molecular weight excluding hydrogens is 434 g/mol. The summed E-state index contributed by atoms with van der Waals surface area (Å²) in [7, 11) is 0. The standard InChI is InChI=1S/C30H39N3O2/c1-21(2)35-25-19-17-23(18-20-25)29-32-26-15-9-10-16-27(26)33(29)28(22-11-5-3-6-12-22)30(34)31-24-13-7-4-8-14-24/h9-10,15-22,24,28H,3-8,11-14H2,1-2H3,(H,31,34). The Morgan fingerprint density at radius 3 is 2.26 bits per heavy atom. The van der Waals surface area contributed by atoms with Gasteiger partial charge in [0.2, 0.25) is 5.91 Å². The van der Waals surface area contributed by atoms with Gasteiger partial charge in [-0.25, -0.2) is 4.98 Å². The van der Waals surface area contributed by atoms with E-state index in [1.54, 1.807) is 0 Å². The number of nitrogens with zero attached hydrogens (tertiary/aromatic N) is 2. The van der Waals surface area contributed by atoms with E-state index in [1.165, 1.54) is 38.5 Å². The van der Waals surface area contributed by atoms with Crippen molar-refractivity contribution in [1.29, 1.82) is 0 Å². The van der Waals surface area contributed by atoms with Gasteiger partial charge in [-0.15, -0.1) is 0 Å². The Balaban J connectivity index is 1.57. The van der Waals surface area contributed by atoms with E-state index >= 15 is 0 Å². The van der Waals surface area contributed by atoms with Crippen LogP contribution in [0.5, 0.6) is 5.75 Å². The average Bonchev–Trinajstić information content (AvgIpc) is 3.25. The van der Waals surface area contributed by atoms with Crippen LogP contribution < -0.4 is 10.1 Å². The Bertz CT molecular complexity index is 1120. The highest BCUT2D eigenvalue weighted by atomic mass is 16.5. The summed E-state index contributed by atoms with van der Waals surface area (Å²) in [5.74, 6) is 2.22. The Morgan fingerprint density at radius 1 is 0.914 bits per heavy atom. The zero-order valence-electron chi connectivity index (χ0n) is 21.2. The van der Waals surface area contributed by atoms with Gasteiger partial charge in [-0.3, -0.25) is 4.79 Å². The minimum Gasteiger partial charge on any atom is -0.491 e. The fraction of sp³-hybridized carbons (Fsp3) is 0.533. The van der Waals surface area contributed by atoms with Crippen LogP contribution >= 0.6 is 0 Å². The predicted molar refractivity (Wildman–Crippen MR) is 142 cm³/mol. The zero-order valence-corrected chi connectivity index (χ0v) is 21.2. The van der Waals surface area contributed by atoms with Gasteiger partial charge in [-0.2, -0.15) is 0 Å². The monoisotopic (exact) mass is 473 g/mol. The number of fused-ring (bicyclic) bond motifs is 1. The molecule has 2 aliphatic carbocycles. The van der Waals surface area contributed by atoms with E-state index < -0.39 is 0 Å². The molecule has 2 aromatic carbocycles. The van der Waals surface area contributed by atoms with Crippen LogP contribution in [-0.4, -0.2) is 27.6 Å². The number of aromatic nitrogens is 2. The Kier molecular flexibility index (Phi) is 7.40. The number of ether oxygens (including phenoxy) is 1. The van der Waals surface area contributed by atoms with Crippen molar-refractivity contribution < 1.29 is 9.53 Å². The molecule has 2 saturated carbocycles. The molecule has 0 spiro atoms. The number of benzene rings is 2. The number of para-hydroxylation sites is 2. The molecule has 1 atom stereocenters. The fourth-order valence-corrected chi connectivity index (χ4v) is 6.01. The van der Waals surface area contributed by atoms with Gasteiger partial charge >= 0.3 is 0 Å². The molecule has 0 saturated heterocycles. The van der Waals surface area contributed by atoms with Gasteiger partial charge in [0, 0.05) is 11.6 Å². The maximum absolute atomic E-state index is 14.0. The summed E-state index contributed by atoms with van der Waals surface area (Å²) in [5, 5.41) is 3.47. The number of carbonyl (C=O) groups is 1. The molecule has 5 rings (SSSR count). The molecule has 35 heavy (non-hydrogen) atoms. The average molecular weight is 474 g/mol. The number of hydrogen-bond donors (Lipinski definition) is 1. The fourth-order valence-electron chi connectivity index (χ4n) is 6.01. The first-order valence-corrected chi connectivity index (χ1v) is 13.6. The molecule has 0 radical (unpaired) electrons. The van der Waals surface area contributed by atoms with E-state index in [-0.39, 0.29) is 18.1 Å². The van der Waals surface area contributed by atoms with Gasteiger partial charge in [0.05, 0.1) is 17.1 Å². The van der Waals surface area contributed by atoms with Crippen molar-refractivity contribution in [3.63, 3.8) is 0 Å². The van der Waals surface area contributed by atoms with Crippen LogP contribution in [0.15, 0.2) is 48.5 Å². The molecule has 1 heterocycles. The van der Waals surface area contributed by atoms with Gasteiger partial charge in [-0.1, -0.05) is 50.7 Å². The summed E-state index contributed by atoms with van der Waals surface area (Å²) < 4.78 is 8.12. The number of hydrogen-bond acceptors (Lipinski definition) is 3. The summed E-state index contributed by atoms with van der Waals surface area (Å²) in [6.07, 6.45) is 11.9. The van der Waals surface area contributed by atoms with E-state index in [0.717, 1.165) is 53.9 Å². The number of nitrogens with one attached hydrogen (secondary N) is 1. The van der Waals surface area contributed by atoms with Crippen LogP contribution in [0.2, 0.25) is 0 Å². The van der Waals surface area contributed by atoms with Crippen LogP contribution in [0.1, 0.15) is 84.1 Å². The second-order valence-electron chi connectivity index (χ2n) is 10.7. The third-order valence-electron chi connectivity index (χ3n) is 7.67. The maximum atomic E-state index is 14.0. The quantitative estimate of drug-likeness (QED) is 0.400. The Hall–Kier alpha value is -2.82. The normalized spacial score (nSPS) is 18.6. The molecule has 2 fully saturated rings. The highest BCUT2D eigenvalue weighted by Crippen LogP contribution is 2.39. The van der Waals surface area contributed by atoms with E-state index in [2.05, 4.69) is 40.2 Å². The lowest BCUT2D eigenvalue weighted by Gasteiger charge is -2.33. The number of amides is 1. The smallest absolute Gasteiger partial charge is 0.243 e. The molecule has 2 aliphatic rings. The summed E-state index contributed by atoms with van der Waals surface area (Å²) in [6, 6.07) is 16.5. The molecule has 3 aromatic rings. The molecule has 5 nitrogen and oxygen atoms in total. The second-order valence-corrected chi connectivity index (χ2v) is 10.7. The zero-order chi connectivity index (χ0) is 24.2. The van der Waals surface area contributed by atoms with Gasteiger partial charge in [0.25, 0.3) is 0 Å². The molecule has 1 N–H and O–H groups in total. The molecule has 1 amide bonds. The summed E-state index contributed by atoms with van der Waals surface area (Å²) in [5.41, 5.74) is 3.00. The molecule has 0 aliphatic heterocycles. The number of rotatable bonds is 7. The highest BCUT2D eigenvalue weighted by Gasteiger charge is 2.35. The van der Waals surface area contributed by atoms with Crippen molar-refractivity contribution in [2.45, 2.75) is 96.2 Å². The highest BCUT2D eigenvalue weighted by molar-refractivity contribution is 5.87. The molecule has 186 valence electrons. The van der Waals surface area contributed by atoms with Crippen molar-refractivity contribution in [2.75, 3.05) is 0 Å². The van der Waals surface area contributed by atoms with Crippen LogP contribution in [0.3, 0.4) is 0 Å². The number of carbonyl (C=O) groups excluding carboxylic acids is 1. The lowest BCUT2D eigenvalue weighted by atomic mass is 9.82. The van der Waals surface area contributed by atoms with Crippen LogP contribution in [0.4, 0.5) is 0 Å². The van der Waals surface area contributed by atoms with Gasteiger partial charge in [-0.05, 0) is 81.8 Å². The Morgan fingerprint density at radius 2 is 1.57 bits per heavy atom. The van der Waals surface area contributed by atoms with E-state index in [4.69, 9.17) is 9.72 Å². The first kappa shape index (κ1) is 23.9. The van der Waals surface area contributed by atoms with Crippen LogP contribution in [0.25, 0.3) is 22.4 Å². The van der Waals surface area contributed by atoms with Gasteiger partial charge in [0.1, 0.15) is 17.6 Å². The van der Waals surface area contributed by atoms with E-state index in [9.17, 15) is 4.79 Å². The summed E-state index contributed by atoms with van der Waals surface area (Å²) in [4.78, 5) is 19.1. The van der Waals surface area contributed by atoms with E-state index in [0.29, 0.717) is 12.0 Å². The summed E-state index contributed by atoms with van der Waals surface area (Å²) >= 11 is 0. The first-order valence-electron chi connectivity index (χ1n) is 13.6. The topological polar surface area (TPSA) is 56.2 Å². The predicted octanol–water partition coefficient (Wildman–Crippen LogP) is 7.06. The molecule has 1 unspecified atom stereocenters. The van der Waals surface area contributed by atoms with Crippen molar-refractivity contribution in [3.8, 4) is 17.1 Å². The summed E-state index contributed by atoms with van der Waals surface area (Å²) in [6.45, 7) is 4.07. The largest absolute Gasteiger partial charge is 0.491 e. The first-order chi connectivity index (χ1) is 17.1. The van der Waals surface area contributed by atoms with Crippen LogP contribution in [-0.2, 0) is 4.79 Å². The lowest BCUT2D eigenvalue weighted by molar-refractivity contribution is -0.127. The van der Waals surface area contributed by atoms with Gasteiger partial charge in [0.15, 0.2) is 0 Å². The van der Waals surface area contributed by atoms with Gasteiger partial charge < -0.3 is 14.6 Å². The molecular formula is C30H39N3O2. The van der Waals surface area contributed by atoms with Crippen molar-refractivity contribution in [2.24, 2.45) is 5.92 Å². The molecule has 0 bridgehead atoms. The molecule has 1 aromatic heterocycles. The third-order valence-corrected chi connectivity index (χ3v) is 7.67. The SMILES string of the molecule is CC(C)Oc1ccc(-c2nc3ccccc3n2C(C(=O)NC2CCCCC2)C2CCCCC2)cc1. The second kappa shape index (κ2) is 10.8. The third kappa shape index (κ3) is 5.39. The van der Waals surface area contributed by atoms with E-state index in [1.807, 2.05) is 32.0 Å². The van der Waals surface area contributed by atoms with Crippen molar-refractivity contribution in [1.82, 2.24) is 14.9 Å². The minimum atomic E-state index is -0.244. The van der Waals surface area contributed by atoms with Crippen molar-refractivity contribution in [3.05, 3.63) is 48.5 Å². The lowest BCUT2D eigenvalue weighted by Crippen LogP contribution is -2.43. The number of imidazole rings is 1. The molecule has 5 heteroatoms. The van der Waals surface area contributed by atoms with Crippen LogP contribution in [0, 0.1) is 5.92 Å². The van der Waals surface area contributed by atoms with Crippen molar-refractivity contribution >= 4 is 16.9 Å². The Labute approximate surface area is 209 Å². The maximum Gasteiger partial charge on any atom is 0.243 e. The minimum absolute atomic E-state index is 0.129.